The van der Waals surface area contributed by atoms with E-state index in [9.17, 15) is 20.1 Å². The molecule has 3 aliphatic carbocycles. The number of aromatic nitrogens is 1. The molecule has 3 aliphatic rings. The van der Waals surface area contributed by atoms with Crippen LogP contribution in [0.2, 0.25) is 0 Å². The van der Waals surface area contributed by atoms with Gasteiger partial charge in [0.05, 0.1) is 11.3 Å². The van der Waals surface area contributed by atoms with Crippen LogP contribution in [0.4, 0.5) is 0 Å². The Hall–Kier alpha value is -3.99. The van der Waals surface area contributed by atoms with Crippen LogP contribution in [-0.4, -0.2) is 25.9 Å². The topological polar surface area (TPSA) is 82.7 Å². The van der Waals surface area contributed by atoms with E-state index in [1.54, 1.807) is 18.2 Å². The highest BCUT2D eigenvalue weighted by Gasteiger charge is 2.47. The maximum absolute atomic E-state index is 11.8. The summed E-state index contributed by atoms with van der Waals surface area (Å²) in [5.41, 5.74) is 5.96. The van der Waals surface area contributed by atoms with E-state index in [1.807, 2.05) is 24.3 Å². The van der Waals surface area contributed by atoms with Crippen molar-refractivity contribution in [2.75, 3.05) is 0 Å². The molecule has 0 spiro atoms. The lowest BCUT2D eigenvalue weighted by atomic mass is 9.62. The van der Waals surface area contributed by atoms with E-state index < -0.39 is 5.97 Å². The van der Waals surface area contributed by atoms with E-state index in [-0.39, 0.29) is 34.8 Å². The molecule has 0 fully saturated rings. The molecule has 0 radical (unpaired) electrons. The molecule has 0 aliphatic heterocycles. The third kappa shape index (κ3) is 1.94. The largest absolute Gasteiger partial charge is 0.494 e. The number of carbonyl (C=O) groups is 1. The fraction of sp³-hybridized carbons (Fsp3) is 0.0800. The van der Waals surface area contributed by atoms with Crippen molar-refractivity contribution in [3.8, 4) is 17.4 Å². The molecule has 0 saturated carbocycles. The summed E-state index contributed by atoms with van der Waals surface area (Å²) in [7, 11) is 0. The van der Waals surface area contributed by atoms with Crippen LogP contribution < -0.4 is 0 Å². The number of hydrogen-bond acceptors (Lipinski definition) is 3. The molecule has 5 heteroatoms. The SMILES string of the molecule is O=C(O)c1ccccc1-n1c(O)c2c(c1O)C1c3ccccc3C2c2ccccc21. The molecule has 1 aromatic heterocycles. The fourth-order valence-electron chi connectivity index (χ4n) is 5.26. The van der Waals surface area contributed by atoms with Crippen LogP contribution in [0.15, 0.2) is 72.8 Å². The molecule has 3 aromatic carbocycles. The summed E-state index contributed by atoms with van der Waals surface area (Å²) in [6.07, 6.45) is 0. The Morgan fingerprint density at radius 3 is 1.50 bits per heavy atom. The quantitative estimate of drug-likeness (QED) is 0.401. The lowest BCUT2D eigenvalue weighted by Crippen LogP contribution is -2.26. The Morgan fingerprint density at radius 2 is 1.07 bits per heavy atom. The second-order valence-corrected chi connectivity index (χ2v) is 7.76. The third-order valence-corrected chi connectivity index (χ3v) is 6.38. The highest BCUT2D eigenvalue weighted by atomic mass is 16.4. The van der Waals surface area contributed by atoms with Crippen LogP contribution in [0.5, 0.6) is 11.8 Å². The Balaban J connectivity index is 1.71. The highest BCUT2D eigenvalue weighted by Crippen LogP contribution is 2.61. The second kappa shape index (κ2) is 5.76. The average molecular weight is 395 g/mol. The molecule has 0 amide bonds. The molecule has 0 atom stereocenters. The molecule has 30 heavy (non-hydrogen) atoms. The van der Waals surface area contributed by atoms with Crippen molar-refractivity contribution in [3.05, 3.63) is 112 Å². The van der Waals surface area contributed by atoms with Crippen molar-refractivity contribution in [2.45, 2.75) is 11.8 Å². The van der Waals surface area contributed by atoms with Gasteiger partial charge < -0.3 is 15.3 Å². The van der Waals surface area contributed by atoms with Gasteiger partial charge in [0.15, 0.2) is 0 Å². The standard InChI is InChI=1S/C25H17NO4/c27-23-21-19-13-7-1-2-8-14(13)20(16-10-4-3-9-15(16)19)22(21)24(28)26(23)18-12-6-5-11-17(18)25(29)30/h1-12,19-20,27-28H,(H,29,30). The predicted octanol–water partition coefficient (Wildman–Crippen LogP) is 4.57. The van der Waals surface area contributed by atoms with Crippen molar-refractivity contribution in [1.82, 2.24) is 4.57 Å². The Bertz CT molecular complexity index is 1250. The fourth-order valence-corrected chi connectivity index (χ4v) is 5.26. The first kappa shape index (κ1) is 16.9. The summed E-state index contributed by atoms with van der Waals surface area (Å²) in [5, 5.41) is 32.2. The molecule has 1 heterocycles. The van der Waals surface area contributed by atoms with Gasteiger partial charge in [-0.25, -0.2) is 4.79 Å². The minimum atomic E-state index is -1.12. The first-order valence-corrected chi connectivity index (χ1v) is 9.76. The average Bonchev–Trinajstić information content (AvgIpc) is 3.04. The number of aromatic hydroxyl groups is 2. The molecule has 0 saturated heterocycles. The summed E-state index contributed by atoms with van der Waals surface area (Å²) >= 11 is 0. The summed E-state index contributed by atoms with van der Waals surface area (Å²) in [4.78, 5) is 11.8. The second-order valence-electron chi connectivity index (χ2n) is 7.76. The minimum absolute atomic E-state index is 0.0119. The first-order chi connectivity index (χ1) is 14.6. The van der Waals surface area contributed by atoms with Gasteiger partial charge in [0.1, 0.15) is 0 Å². The van der Waals surface area contributed by atoms with Gasteiger partial charge in [0, 0.05) is 23.0 Å². The number of benzene rings is 3. The molecule has 5 nitrogen and oxygen atoms in total. The number of carboxylic acid groups (broad SMARTS) is 1. The van der Waals surface area contributed by atoms with Gasteiger partial charge >= 0.3 is 5.97 Å². The van der Waals surface area contributed by atoms with Crippen molar-refractivity contribution in [1.29, 1.82) is 0 Å². The van der Waals surface area contributed by atoms with E-state index in [2.05, 4.69) is 24.3 Å². The van der Waals surface area contributed by atoms with Gasteiger partial charge in [0.25, 0.3) is 0 Å². The lowest BCUT2D eigenvalue weighted by Gasteiger charge is -2.40. The zero-order valence-electron chi connectivity index (χ0n) is 15.8. The molecule has 3 N–H and O–H groups in total. The number of para-hydroxylation sites is 1. The monoisotopic (exact) mass is 395 g/mol. The Kier molecular flexibility index (Phi) is 3.25. The van der Waals surface area contributed by atoms with Gasteiger partial charge in [-0.2, -0.15) is 0 Å². The molecule has 146 valence electrons. The number of aromatic carboxylic acids is 1. The summed E-state index contributed by atoms with van der Waals surface area (Å²) < 4.78 is 1.27. The van der Waals surface area contributed by atoms with Crippen LogP contribution >= 0.6 is 0 Å². The highest BCUT2D eigenvalue weighted by molar-refractivity contribution is 5.92. The van der Waals surface area contributed by atoms with Crippen molar-refractivity contribution in [3.63, 3.8) is 0 Å². The van der Waals surface area contributed by atoms with Crippen molar-refractivity contribution in [2.24, 2.45) is 0 Å². The van der Waals surface area contributed by atoms with Crippen LogP contribution in [-0.2, 0) is 0 Å². The molecule has 2 bridgehead atoms. The maximum Gasteiger partial charge on any atom is 0.337 e. The zero-order chi connectivity index (χ0) is 20.6. The number of hydrogen-bond donors (Lipinski definition) is 3. The zero-order valence-corrected chi connectivity index (χ0v) is 15.8. The number of carboxylic acids is 1. The van der Waals surface area contributed by atoms with Crippen molar-refractivity contribution >= 4 is 5.97 Å². The third-order valence-electron chi connectivity index (χ3n) is 6.38. The van der Waals surface area contributed by atoms with Crippen molar-refractivity contribution < 1.29 is 20.1 Å². The van der Waals surface area contributed by atoms with Gasteiger partial charge in [-0.3, -0.25) is 4.57 Å². The van der Waals surface area contributed by atoms with Crippen LogP contribution in [0.1, 0.15) is 55.6 Å². The van der Waals surface area contributed by atoms with Crippen LogP contribution in [0.25, 0.3) is 5.69 Å². The maximum atomic E-state index is 11.8. The summed E-state index contributed by atoms with van der Waals surface area (Å²) in [6, 6.07) is 22.5. The van der Waals surface area contributed by atoms with Gasteiger partial charge in [-0.05, 0) is 34.4 Å². The lowest BCUT2D eigenvalue weighted by molar-refractivity contribution is 0.0697. The molecule has 7 rings (SSSR count). The van der Waals surface area contributed by atoms with Crippen LogP contribution in [0.3, 0.4) is 0 Å². The Labute approximate surface area is 172 Å². The van der Waals surface area contributed by atoms with Gasteiger partial charge in [-0.1, -0.05) is 60.7 Å². The van der Waals surface area contributed by atoms with E-state index in [1.165, 1.54) is 10.6 Å². The van der Waals surface area contributed by atoms with E-state index in [0.717, 1.165) is 22.3 Å². The Morgan fingerprint density at radius 1 is 0.667 bits per heavy atom. The summed E-state index contributed by atoms with van der Waals surface area (Å²) in [6.45, 7) is 0. The minimum Gasteiger partial charge on any atom is -0.494 e. The first-order valence-electron chi connectivity index (χ1n) is 9.76. The molecular weight excluding hydrogens is 378 g/mol. The van der Waals surface area contributed by atoms with E-state index in [0.29, 0.717) is 11.1 Å². The molecule has 0 unspecified atom stereocenters. The number of nitrogens with zero attached hydrogens (tertiary/aromatic N) is 1. The normalized spacial score (nSPS) is 17.9. The van der Waals surface area contributed by atoms with E-state index in [4.69, 9.17) is 0 Å². The summed E-state index contributed by atoms with van der Waals surface area (Å²) in [5.74, 6) is -1.79. The molecular formula is C25H17NO4. The van der Waals surface area contributed by atoms with E-state index >= 15 is 0 Å². The van der Waals surface area contributed by atoms with Gasteiger partial charge in [0.2, 0.25) is 11.8 Å². The van der Waals surface area contributed by atoms with Crippen LogP contribution in [0, 0.1) is 0 Å². The predicted molar refractivity (Wildman–Crippen MR) is 111 cm³/mol. The van der Waals surface area contributed by atoms with Gasteiger partial charge in [-0.15, -0.1) is 0 Å². The molecule has 4 aromatic rings. The number of rotatable bonds is 2. The smallest absolute Gasteiger partial charge is 0.337 e.